The van der Waals surface area contributed by atoms with E-state index in [1.54, 1.807) is 0 Å². The van der Waals surface area contributed by atoms with E-state index >= 15 is 0 Å². The van der Waals surface area contributed by atoms with Crippen molar-refractivity contribution >= 4 is 27.3 Å². The summed E-state index contributed by atoms with van der Waals surface area (Å²) in [6.45, 7) is -0.225. The minimum absolute atomic E-state index is 0.0579. The van der Waals surface area contributed by atoms with E-state index in [4.69, 9.17) is 4.74 Å². The molecule has 2 aromatic carbocycles. The van der Waals surface area contributed by atoms with Crippen molar-refractivity contribution in [1.29, 1.82) is 0 Å². The van der Waals surface area contributed by atoms with Crippen LogP contribution in [0.4, 0.5) is 4.39 Å². The van der Waals surface area contributed by atoms with Crippen molar-refractivity contribution in [2.75, 3.05) is 7.11 Å². The molecule has 0 bridgehead atoms. The van der Waals surface area contributed by atoms with Gasteiger partial charge in [-0.25, -0.2) is 9.37 Å². The Morgan fingerprint density at radius 1 is 1.21 bits per heavy atom. The lowest BCUT2D eigenvalue weighted by atomic mass is 10.1. The molecule has 0 spiro atoms. The van der Waals surface area contributed by atoms with Crippen LogP contribution in [0.1, 0.15) is 10.4 Å². The molecule has 4 rings (SSSR count). The van der Waals surface area contributed by atoms with Gasteiger partial charge < -0.3 is 4.74 Å². The van der Waals surface area contributed by atoms with E-state index in [2.05, 4.69) is 4.98 Å². The number of fused-ring (bicyclic) bond motifs is 1. The van der Waals surface area contributed by atoms with Crippen LogP contribution in [0.2, 0.25) is 0 Å². The number of thiophene rings is 1. The van der Waals surface area contributed by atoms with Gasteiger partial charge in [-0.3, -0.25) is 14.2 Å². The van der Waals surface area contributed by atoms with Crippen molar-refractivity contribution in [2.45, 2.75) is 6.54 Å². The van der Waals surface area contributed by atoms with Crippen LogP contribution < -0.4 is 10.3 Å². The second-order valence-corrected chi connectivity index (χ2v) is 7.00. The van der Waals surface area contributed by atoms with E-state index in [0.29, 0.717) is 10.2 Å². The van der Waals surface area contributed by atoms with Crippen molar-refractivity contribution < 1.29 is 13.9 Å². The smallest absolute Gasteiger partial charge is 0.263 e. The lowest BCUT2D eigenvalue weighted by Gasteiger charge is -2.07. The predicted molar refractivity (Wildman–Crippen MR) is 107 cm³/mol. The molecule has 0 saturated heterocycles. The van der Waals surface area contributed by atoms with Gasteiger partial charge in [0.15, 0.2) is 17.3 Å². The highest BCUT2D eigenvalue weighted by atomic mass is 32.1. The molecule has 0 N–H and O–H groups in total. The highest BCUT2D eigenvalue weighted by molar-refractivity contribution is 7.17. The first-order valence-corrected chi connectivity index (χ1v) is 9.35. The number of hydrogen-bond donors (Lipinski definition) is 0. The minimum Gasteiger partial charge on any atom is -0.494 e. The molecule has 0 aliphatic heterocycles. The predicted octanol–water partition coefficient (Wildman–Crippen LogP) is 4.16. The fraction of sp³-hybridized carbons (Fsp3) is 0.0952. The summed E-state index contributed by atoms with van der Waals surface area (Å²) in [5.74, 6) is -0.956. The Kier molecular flexibility index (Phi) is 4.75. The largest absolute Gasteiger partial charge is 0.494 e. The molecule has 2 aromatic heterocycles. The van der Waals surface area contributed by atoms with Crippen LogP contribution in [-0.2, 0) is 6.54 Å². The summed E-state index contributed by atoms with van der Waals surface area (Å²) >= 11 is 1.38. The first-order valence-electron chi connectivity index (χ1n) is 8.47. The number of ether oxygens (including phenoxy) is 1. The van der Waals surface area contributed by atoms with E-state index in [1.807, 2.05) is 35.7 Å². The molecule has 0 unspecified atom stereocenters. The van der Waals surface area contributed by atoms with Gasteiger partial charge in [-0.1, -0.05) is 30.3 Å². The highest BCUT2D eigenvalue weighted by Crippen LogP contribution is 2.30. The first kappa shape index (κ1) is 18.1. The van der Waals surface area contributed by atoms with Crippen LogP contribution >= 0.6 is 11.3 Å². The quantitative estimate of drug-likeness (QED) is 0.477. The SMILES string of the molecule is COc1ccc(C(=O)Cn2cnc3scc(-c4ccccc4)c3c2=O)cc1F. The van der Waals surface area contributed by atoms with Crippen molar-refractivity contribution in [3.8, 4) is 16.9 Å². The van der Waals surface area contributed by atoms with Crippen LogP contribution in [0.15, 0.2) is 65.0 Å². The third-order valence-electron chi connectivity index (χ3n) is 4.43. The third-order valence-corrected chi connectivity index (χ3v) is 5.32. The van der Waals surface area contributed by atoms with E-state index in [9.17, 15) is 14.0 Å². The number of methoxy groups -OCH3 is 1. The second kappa shape index (κ2) is 7.36. The Bertz CT molecular complexity index is 1230. The van der Waals surface area contributed by atoms with Crippen LogP contribution in [0, 0.1) is 5.82 Å². The summed E-state index contributed by atoms with van der Waals surface area (Å²) in [5, 5.41) is 2.37. The number of nitrogens with zero attached hydrogens (tertiary/aromatic N) is 2. The molecule has 7 heteroatoms. The maximum Gasteiger partial charge on any atom is 0.263 e. The van der Waals surface area contributed by atoms with E-state index in [-0.39, 0.29) is 29.2 Å². The monoisotopic (exact) mass is 394 g/mol. The van der Waals surface area contributed by atoms with Gasteiger partial charge >= 0.3 is 0 Å². The Labute approximate surface area is 163 Å². The molecule has 5 nitrogen and oxygen atoms in total. The number of Topliss-reactive ketones (excluding diaryl/α,β-unsaturated/α-hetero) is 1. The summed E-state index contributed by atoms with van der Waals surface area (Å²) in [4.78, 5) is 30.5. The molecule has 0 amide bonds. The number of rotatable bonds is 5. The molecular formula is C21H15FN2O3S. The number of hydrogen-bond acceptors (Lipinski definition) is 5. The van der Waals surface area contributed by atoms with Gasteiger partial charge in [-0.05, 0) is 23.8 Å². The zero-order chi connectivity index (χ0) is 19.7. The fourth-order valence-corrected chi connectivity index (χ4v) is 3.90. The van der Waals surface area contributed by atoms with Gasteiger partial charge in [0.25, 0.3) is 5.56 Å². The van der Waals surface area contributed by atoms with Crippen molar-refractivity contribution in [3.63, 3.8) is 0 Å². The van der Waals surface area contributed by atoms with Gasteiger partial charge in [0.05, 0.1) is 25.4 Å². The summed E-state index contributed by atoms with van der Waals surface area (Å²) in [6.07, 6.45) is 1.35. The van der Waals surface area contributed by atoms with Gasteiger partial charge in [-0.2, -0.15) is 0 Å². The van der Waals surface area contributed by atoms with Gasteiger partial charge in [-0.15, -0.1) is 11.3 Å². The van der Waals surface area contributed by atoms with Crippen LogP contribution in [0.3, 0.4) is 0 Å². The summed E-state index contributed by atoms with van der Waals surface area (Å²) < 4.78 is 20.0. The lowest BCUT2D eigenvalue weighted by Crippen LogP contribution is -2.24. The molecule has 0 fully saturated rings. The Hall–Kier alpha value is -3.32. The van der Waals surface area contributed by atoms with Crippen molar-refractivity contribution in [1.82, 2.24) is 9.55 Å². The van der Waals surface area contributed by atoms with Gasteiger partial charge in [0, 0.05) is 16.5 Å². The number of ketones is 1. The molecule has 0 saturated carbocycles. The zero-order valence-electron chi connectivity index (χ0n) is 14.9. The van der Waals surface area contributed by atoms with Crippen molar-refractivity contribution in [3.05, 3.63) is 82.0 Å². The van der Waals surface area contributed by atoms with E-state index < -0.39 is 5.82 Å². The molecule has 0 aliphatic rings. The zero-order valence-corrected chi connectivity index (χ0v) is 15.7. The van der Waals surface area contributed by atoms with E-state index in [1.165, 1.54) is 41.5 Å². The summed E-state index contributed by atoms with van der Waals surface area (Å²) in [6, 6.07) is 13.5. The van der Waals surface area contributed by atoms with Crippen molar-refractivity contribution in [2.24, 2.45) is 0 Å². The number of aromatic nitrogens is 2. The second-order valence-electron chi connectivity index (χ2n) is 6.15. The number of carbonyl (C=O) groups excluding carboxylic acids is 1. The fourth-order valence-electron chi connectivity index (χ4n) is 3.00. The standard InChI is InChI=1S/C21H15FN2O3S/c1-27-18-8-7-14(9-16(18)22)17(25)10-24-12-23-20-19(21(24)26)15(11-28-20)13-5-3-2-4-6-13/h2-9,11-12H,10H2,1H3. The third kappa shape index (κ3) is 3.20. The molecule has 140 valence electrons. The molecule has 0 aliphatic carbocycles. The molecule has 0 radical (unpaired) electrons. The minimum atomic E-state index is -0.626. The number of carbonyl (C=O) groups is 1. The average molecular weight is 394 g/mol. The van der Waals surface area contributed by atoms with Crippen LogP contribution in [-0.4, -0.2) is 22.4 Å². The molecule has 2 heterocycles. The molecule has 28 heavy (non-hydrogen) atoms. The molecule has 4 aromatic rings. The average Bonchev–Trinajstić information content (AvgIpc) is 3.15. The van der Waals surface area contributed by atoms with E-state index in [0.717, 1.165) is 17.2 Å². The number of benzene rings is 2. The van der Waals surface area contributed by atoms with Crippen LogP contribution in [0.5, 0.6) is 5.75 Å². The first-order chi connectivity index (χ1) is 13.6. The topological polar surface area (TPSA) is 61.2 Å². The Balaban J connectivity index is 1.72. The van der Waals surface area contributed by atoms with Crippen LogP contribution in [0.25, 0.3) is 21.3 Å². The Morgan fingerprint density at radius 2 is 2.00 bits per heavy atom. The summed E-state index contributed by atoms with van der Waals surface area (Å²) in [7, 11) is 1.35. The summed E-state index contributed by atoms with van der Waals surface area (Å²) in [5.41, 5.74) is 1.57. The lowest BCUT2D eigenvalue weighted by molar-refractivity contribution is 0.0970. The van der Waals surface area contributed by atoms with Gasteiger partial charge in [0.2, 0.25) is 0 Å². The Morgan fingerprint density at radius 3 is 2.71 bits per heavy atom. The van der Waals surface area contributed by atoms with Gasteiger partial charge in [0.1, 0.15) is 4.83 Å². The molecular weight excluding hydrogens is 379 g/mol. The number of halogens is 1. The maximum absolute atomic E-state index is 13.9. The molecule has 0 atom stereocenters. The highest BCUT2D eigenvalue weighted by Gasteiger charge is 2.16. The normalized spacial score (nSPS) is 10.9. The maximum atomic E-state index is 13.9.